The lowest BCUT2D eigenvalue weighted by atomic mass is 10.0. The van der Waals surface area contributed by atoms with Gasteiger partial charge in [-0.2, -0.15) is 0 Å². The molecule has 0 amide bonds. The Morgan fingerprint density at radius 2 is 2.29 bits per heavy atom. The topological polar surface area (TPSA) is 56.3 Å². The summed E-state index contributed by atoms with van der Waals surface area (Å²) in [7, 11) is 0. The van der Waals surface area contributed by atoms with Crippen molar-refractivity contribution in [3.05, 3.63) is 29.8 Å². The molecule has 5 heteroatoms. The van der Waals surface area contributed by atoms with Gasteiger partial charge in [-0.05, 0) is 12.1 Å². The van der Waals surface area contributed by atoms with Gasteiger partial charge in [0.1, 0.15) is 11.7 Å². The summed E-state index contributed by atoms with van der Waals surface area (Å²) in [6, 6.07) is 2.30. The molecule has 1 aromatic rings. The molecule has 72 valence electrons. The number of carbonyl (C=O) groups excluding carboxylic acids is 2. The Labute approximate surface area is 78.7 Å². The van der Waals surface area contributed by atoms with Crippen LogP contribution >= 0.6 is 0 Å². The zero-order chi connectivity index (χ0) is 10.1. The second kappa shape index (κ2) is 3.17. The first kappa shape index (κ1) is 8.80. The van der Waals surface area contributed by atoms with E-state index in [0.717, 1.165) is 6.07 Å². The van der Waals surface area contributed by atoms with Crippen molar-refractivity contribution in [2.45, 2.75) is 12.3 Å². The first-order valence-corrected chi connectivity index (χ1v) is 4.03. The highest BCUT2D eigenvalue weighted by molar-refractivity contribution is 5.97. The summed E-state index contributed by atoms with van der Waals surface area (Å²) < 4.78 is 17.1. The van der Waals surface area contributed by atoms with Crippen molar-refractivity contribution >= 4 is 11.9 Å². The highest BCUT2D eigenvalue weighted by Gasteiger charge is 2.35. The van der Waals surface area contributed by atoms with Crippen LogP contribution in [0.5, 0.6) is 0 Å². The molecule has 0 bridgehead atoms. The average molecular weight is 195 g/mol. The molecule has 0 aromatic carbocycles. The second-order valence-corrected chi connectivity index (χ2v) is 2.95. The fourth-order valence-corrected chi connectivity index (χ4v) is 1.31. The number of cyclic esters (lactones) is 2. The number of ether oxygens (including phenoxy) is 1. The number of aromatic nitrogens is 1. The van der Waals surface area contributed by atoms with Gasteiger partial charge in [0.15, 0.2) is 0 Å². The summed E-state index contributed by atoms with van der Waals surface area (Å²) in [4.78, 5) is 25.7. The number of hydrogen-bond donors (Lipinski definition) is 0. The second-order valence-electron chi connectivity index (χ2n) is 2.95. The molecule has 0 aliphatic carbocycles. The normalized spacial score (nSPS) is 21.1. The van der Waals surface area contributed by atoms with Gasteiger partial charge in [-0.25, -0.2) is 4.39 Å². The predicted molar refractivity (Wildman–Crippen MR) is 42.7 cm³/mol. The lowest BCUT2D eigenvalue weighted by Gasteiger charge is -2.02. The summed E-state index contributed by atoms with van der Waals surface area (Å²) in [6.45, 7) is 0. The maximum absolute atomic E-state index is 12.8. The number of hydrogen-bond acceptors (Lipinski definition) is 4. The maximum atomic E-state index is 12.8. The van der Waals surface area contributed by atoms with E-state index in [9.17, 15) is 14.0 Å². The van der Waals surface area contributed by atoms with Crippen LogP contribution in [-0.2, 0) is 14.3 Å². The van der Waals surface area contributed by atoms with E-state index >= 15 is 0 Å². The van der Waals surface area contributed by atoms with Crippen molar-refractivity contribution in [2.75, 3.05) is 0 Å². The van der Waals surface area contributed by atoms with Crippen LogP contribution in [0.4, 0.5) is 4.39 Å². The molecule has 2 rings (SSSR count). The number of nitrogens with zero attached hydrogens (tertiary/aromatic N) is 1. The molecule has 1 aliphatic rings. The SMILES string of the molecule is O=C1CC(c2cc(F)ccn2)C(=O)O1. The molecule has 1 atom stereocenters. The molecular weight excluding hydrogens is 189 g/mol. The van der Waals surface area contributed by atoms with Crippen LogP contribution in [0.15, 0.2) is 18.3 Å². The van der Waals surface area contributed by atoms with Crippen LogP contribution < -0.4 is 0 Å². The predicted octanol–water partition coefficient (Wildman–Crippen LogP) is 0.778. The lowest BCUT2D eigenvalue weighted by Crippen LogP contribution is -2.07. The van der Waals surface area contributed by atoms with Crippen LogP contribution in [0.25, 0.3) is 0 Å². The number of rotatable bonds is 1. The first-order valence-electron chi connectivity index (χ1n) is 4.03. The number of carbonyl (C=O) groups is 2. The summed E-state index contributed by atoms with van der Waals surface area (Å²) >= 11 is 0. The van der Waals surface area contributed by atoms with E-state index in [1.54, 1.807) is 0 Å². The summed E-state index contributed by atoms with van der Waals surface area (Å²) in [6.07, 6.45) is 1.19. The van der Waals surface area contributed by atoms with Crippen molar-refractivity contribution < 1.29 is 18.7 Å². The van der Waals surface area contributed by atoms with E-state index in [2.05, 4.69) is 9.72 Å². The van der Waals surface area contributed by atoms with E-state index in [0.29, 0.717) is 0 Å². The molecule has 0 saturated carbocycles. The van der Waals surface area contributed by atoms with Crippen molar-refractivity contribution in [2.24, 2.45) is 0 Å². The number of esters is 2. The van der Waals surface area contributed by atoms with Gasteiger partial charge < -0.3 is 4.74 Å². The minimum absolute atomic E-state index is 0.0602. The van der Waals surface area contributed by atoms with Crippen LogP contribution in [0.2, 0.25) is 0 Å². The van der Waals surface area contributed by atoms with Crippen LogP contribution in [0, 0.1) is 5.82 Å². The molecule has 0 spiro atoms. The Morgan fingerprint density at radius 1 is 1.50 bits per heavy atom. The summed E-state index contributed by atoms with van der Waals surface area (Å²) in [5.74, 6) is -2.49. The Hall–Kier alpha value is -1.78. The number of halogens is 1. The minimum atomic E-state index is -0.752. The van der Waals surface area contributed by atoms with Crippen LogP contribution in [0.1, 0.15) is 18.0 Å². The highest BCUT2D eigenvalue weighted by Crippen LogP contribution is 2.25. The molecule has 1 saturated heterocycles. The third-order valence-electron chi connectivity index (χ3n) is 1.97. The number of pyridine rings is 1. The molecule has 0 N–H and O–H groups in total. The Kier molecular flexibility index (Phi) is 1.99. The van der Waals surface area contributed by atoms with Gasteiger partial charge in [-0.15, -0.1) is 0 Å². The van der Waals surface area contributed by atoms with Gasteiger partial charge >= 0.3 is 11.9 Å². The zero-order valence-electron chi connectivity index (χ0n) is 7.07. The van der Waals surface area contributed by atoms with Gasteiger partial charge in [0, 0.05) is 6.20 Å². The van der Waals surface area contributed by atoms with E-state index in [4.69, 9.17) is 0 Å². The Balaban J connectivity index is 2.31. The van der Waals surface area contributed by atoms with E-state index in [1.807, 2.05) is 0 Å². The monoisotopic (exact) mass is 195 g/mol. The molecule has 14 heavy (non-hydrogen) atoms. The van der Waals surface area contributed by atoms with Gasteiger partial charge in [-0.1, -0.05) is 0 Å². The Bertz CT molecular complexity index is 405. The van der Waals surface area contributed by atoms with Gasteiger partial charge in [0.05, 0.1) is 12.1 Å². The van der Waals surface area contributed by atoms with Gasteiger partial charge in [0.2, 0.25) is 0 Å². The molecule has 4 nitrogen and oxygen atoms in total. The highest BCUT2D eigenvalue weighted by atomic mass is 19.1. The average Bonchev–Trinajstić information content (AvgIpc) is 2.45. The first-order chi connectivity index (χ1) is 6.66. The minimum Gasteiger partial charge on any atom is -0.393 e. The summed E-state index contributed by atoms with van der Waals surface area (Å²) in [5, 5.41) is 0. The van der Waals surface area contributed by atoms with Crippen molar-refractivity contribution in [1.82, 2.24) is 4.98 Å². The van der Waals surface area contributed by atoms with Crippen molar-refractivity contribution in [3.63, 3.8) is 0 Å². The molecule has 1 aliphatic heterocycles. The Morgan fingerprint density at radius 3 is 2.86 bits per heavy atom. The molecule has 1 unspecified atom stereocenters. The van der Waals surface area contributed by atoms with Gasteiger partial charge in [-0.3, -0.25) is 14.6 Å². The quantitative estimate of drug-likeness (QED) is 0.490. The van der Waals surface area contributed by atoms with Crippen LogP contribution in [0.3, 0.4) is 0 Å². The molecule has 1 aromatic heterocycles. The fourth-order valence-electron chi connectivity index (χ4n) is 1.31. The van der Waals surface area contributed by atoms with Gasteiger partial charge in [0.25, 0.3) is 0 Å². The van der Waals surface area contributed by atoms with Crippen molar-refractivity contribution in [3.8, 4) is 0 Å². The maximum Gasteiger partial charge on any atom is 0.323 e. The molecule has 1 fully saturated rings. The largest absolute Gasteiger partial charge is 0.393 e. The smallest absolute Gasteiger partial charge is 0.323 e. The fraction of sp³-hybridized carbons (Fsp3) is 0.222. The van der Waals surface area contributed by atoms with Crippen molar-refractivity contribution in [1.29, 1.82) is 0 Å². The zero-order valence-corrected chi connectivity index (χ0v) is 7.07. The lowest BCUT2D eigenvalue weighted by molar-refractivity contribution is -0.152. The standard InChI is InChI=1S/C9H6FNO3/c10-5-1-2-11-7(3-5)6-4-8(12)14-9(6)13/h1-3,6H,4H2. The summed E-state index contributed by atoms with van der Waals surface area (Å²) in [5.41, 5.74) is 0.237. The third kappa shape index (κ3) is 1.48. The molecule has 0 radical (unpaired) electrons. The van der Waals surface area contributed by atoms with E-state index in [1.165, 1.54) is 12.3 Å². The molecule has 2 heterocycles. The van der Waals surface area contributed by atoms with E-state index < -0.39 is 23.7 Å². The third-order valence-corrected chi connectivity index (χ3v) is 1.97. The molecular formula is C9H6FNO3. The van der Waals surface area contributed by atoms with Crippen LogP contribution in [-0.4, -0.2) is 16.9 Å². The van der Waals surface area contributed by atoms with E-state index in [-0.39, 0.29) is 12.1 Å².